The molecular weight excluding hydrogens is 330 g/mol. The molecule has 2 aliphatic rings. The first-order valence-electron chi connectivity index (χ1n) is 7.80. The van der Waals surface area contributed by atoms with Gasteiger partial charge in [0, 0.05) is 29.7 Å². The average molecular weight is 347 g/mol. The summed E-state index contributed by atoms with van der Waals surface area (Å²) in [7, 11) is -3.71. The van der Waals surface area contributed by atoms with Gasteiger partial charge in [-0.1, -0.05) is 12.1 Å². The zero-order chi connectivity index (χ0) is 16.9. The van der Waals surface area contributed by atoms with Gasteiger partial charge in [-0.25, -0.2) is 13.2 Å². The Morgan fingerprint density at radius 1 is 1.33 bits per heavy atom. The molecule has 1 aliphatic heterocycles. The van der Waals surface area contributed by atoms with Crippen LogP contribution >= 0.6 is 0 Å². The topological polar surface area (TPSA) is 99.6 Å². The third-order valence-corrected chi connectivity index (χ3v) is 7.07. The fourth-order valence-corrected chi connectivity index (χ4v) is 5.88. The summed E-state index contributed by atoms with van der Waals surface area (Å²) < 4.78 is 28.0. The Bertz CT molecular complexity index is 919. The van der Waals surface area contributed by atoms with Crippen LogP contribution in [0.15, 0.2) is 41.6 Å². The van der Waals surface area contributed by atoms with E-state index >= 15 is 0 Å². The van der Waals surface area contributed by atoms with E-state index in [-0.39, 0.29) is 10.9 Å². The van der Waals surface area contributed by atoms with Crippen LogP contribution in [0.4, 0.5) is 4.79 Å². The van der Waals surface area contributed by atoms with E-state index in [1.54, 1.807) is 30.6 Å². The average Bonchev–Trinajstić information content (AvgIpc) is 3.26. The lowest BCUT2D eigenvalue weighted by Crippen LogP contribution is -2.48. The quantitative estimate of drug-likeness (QED) is 0.882. The zero-order valence-corrected chi connectivity index (χ0v) is 13.7. The lowest BCUT2D eigenvalue weighted by Gasteiger charge is -2.27. The van der Waals surface area contributed by atoms with Crippen molar-refractivity contribution in [3.63, 3.8) is 0 Å². The van der Waals surface area contributed by atoms with Crippen molar-refractivity contribution in [2.45, 2.75) is 35.7 Å². The number of sulfonamides is 1. The second-order valence-corrected chi connectivity index (χ2v) is 8.16. The molecule has 2 aromatic rings. The molecule has 1 amide bonds. The molecule has 24 heavy (non-hydrogen) atoms. The van der Waals surface area contributed by atoms with Gasteiger partial charge in [0.05, 0.1) is 16.5 Å². The minimum atomic E-state index is -3.71. The second kappa shape index (κ2) is 5.15. The normalized spacial score (nSPS) is 22.8. The number of carbonyl (C=O) groups is 1. The zero-order valence-electron chi connectivity index (χ0n) is 12.8. The smallest absolute Gasteiger partial charge is 0.404 e. The first kappa shape index (κ1) is 15.3. The molecule has 4 rings (SSSR count). The summed E-state index contributed by atoms with van der Waals surface area (Å²) in [6.07, 6.45) is 3.97. The van der Waals surface area contributed by atoms with Gasteiger partial charge < -0.3 is 10.4 Å². The van der Waals surface area contributed by atoms with Gasteiger partial charge in [0.2, 0.25) is 10.0 Å². The van der Waals surface area contributed by atoms with Gasteiger partial charge in [0.15, 0.2) is 0 Å². The minimum Gasteiger partial charge on any atom is -0.465 e. The molecule has 1 aromatic heterocycles. The van der Waals surface area contributed by atoms with Gasteiger partial charge in [-0.15, -0.1) is 0 Å². The van der Waals surface area contributed by atoms with E-state index in [0.29, 0.717) is 31.2 Å². The third-order valence-electron chi connectivity index (χ3n) is 5.03. The second-order valence-electron chi connectivity index (χ2n) is 6.32. The maximum Gasteiger partial charge on any atom is 0.404 e. The first-order valence-corrected chi connectivity index (χ1v) is 9.24. The fraction of sp³-hybridized carbons (Fsp3) is 0.375. The van der Waals surface area contributed by atoms with Gasteiger partial charge in [0.1, 0.15) is 0 Å². The van der Waals surface area contributed by atoms with Gasteiger partial charge >= 0.3 is 6.09 Å². The van der Waals surface area contributed by atoms with E-state index in [9.17, 15) is 13.2 Å². The number of pyridine rings is 1. The molecule has 7 nitrogen and oxygen atoms in total. The van der Waals surface area contributed by atoms with Crippen molar-refractivity contribution in [2.75, 3.05) is 6.54 Å². The van der Waals surface area contributed by atoms with E-state index in [0.717, 1.165) is 5.39 Å². The molecule has 2 fully saturated rings. The van der Waals surface area contributed by atoms with Gasteiger partial charge in [-0.3, -0.25) is 4.98 Å². The molecule has 1 unspecified atom stereocenters. The standard InChI is InChI=1S/C16H17N3O4S/c20-15(21)18-14-5-9-19(16(14)6-7-16)24(22,23)13-3-1-2-11-10-17-8-4-12(11)13/h1-4,8,10,14,18H,5-7,9H2,(H,20,21). The van der Waals surface area contributed by atoms with Crippen LogP contribution in [0, 0.1) is 0 Å². The van der Waals surface area contributed by atoms with Crippen molar-refractivity contribution in [1.82, 2.24) is 14.6 Å². The lowest BCUT2D eigenvalue weighted by atomic mass is 10.1. The Hall–Kier alpha value is -2.19. The number of nitrogens with zero attached hydrogens (tertiary/aromatic N) is 2. The number of hydrogen-bond acceptors (Lipinski definition) is 4. The number of aromatic nitrogens is 1. The van der Waals surface area contributed by atoms with Crippen molar-refractivity contribution >= 4 is 26.9 Å². The van der Waals surface area contributed by atoms with Gasteiger partial charge in [-0.05, 0) is 31.4 Å². The Labute approximate surface area is 139 Å². The molecule has 0 radical (unpaired) electrons. The lowest BCUT2D eigenvalue weighted by molar-refractivity contribution is 0.185. The molecule has 1 spiro atoms. The molecule has 8 heteroatoms. The predicted molar refractivity (Wildman–Crippen MR) is 87.2 cm³/mol. The molecule has 1 aromatic carbocycles. The molecule has 1 saturated carbocycles. The first-order chi connectivity index (χ1) is 11.4. The molecule has 126 valence electrons. The molecular formula is C16H17N3O4S. The molecule has 1 saturated heterocycles. The summed E-state index contributed by atoms with van der Waals surface area (Å²) >= 11 is 0. The van der Waals surface area contributed by atoms with Gasteiger partial charge in [0.25, 0.3) is 0 Å². The molecule has 1 atom stereocenters. The van der Waals surface area contributed by atoms with Crippen LogP contribution in [0.25, 0.3) is 10.8 Å². The van der Waals surface area contributed by atoms with Crippen molar-refractivity contribution < 1.29 is 18.3 Å². The van der Waals surface area contributed by atoms with E-state index < -0.39 is 21.7 Å². The highest BCUT2D eigenvalue weighted by atomic mass is 32.2. The number of amides is 1. The Kier molecular flexibility index (Phi) is 3.29. The molecule has 2 heterocycles. The van der Waals surface area contributed by atoms with Crippen LogP contribution < -0.4 is 5.32 Å². The van der Waals surface area contributed by atoms with E-state index in [2.05, 4.69) is 10.3 Å². The van der Waals surface area contributed by atoms with Gasteiger partial charge in [-0.2, -0.15) is 4.31 Å². The predicted octanol–water partition coefficient (Wildman–Crippen LogP) is 1.80. The Morgan fingerprint density at radius 2 is 2.12 bits per heavy atom. The molecule has 1 aliphatic carbocycles. The van der Waals surface area contributed by atoms with Crippen LogP contribution in [0.2, 0.25) is 0 Å². The molecule has 2 N–H and O–H groups in total. The van der Waals surface area contributed by atoms with Crippen molar-refractivity contribution in [3.05, 3.63) is 36.7 Å². The maximum atomic E-state index is 13.3. The van der Waals surface area contributed by atoms with Crippen molar-refractivity contribution in [3.8, 4) is 0 Å². The number of rotatable bonds is 3. The highest BCUT2D eigenvalue weighted by molar-refractivity contribution is 7.89. The van der Waals surface area contributed by atoms with Crippen molar-refractivity contribution in [2.24, 2.45) is 0 Å². The highest BCUT2D eigenvalue weighted by Crippen LogP contribution is 2.52. The van der Waals surface area contributed by atoms with Crippen LogP contribution in [0.5, 0.6) is 0 Å². The van der Waals surface area contributed by atoms with E-state index in [1.165, 1.54) is 4.31 Å². The summed E-state index contributed by atoms with van der Waals surface area (Å²) in [5.41, 5.74) is -0.605. The number of benzene rings is 1. The van der Waals surface area contributed by atoms with E-state index in [1.807, 2.05) is 6.07 Å². The Balaban J connectivity index is 1.77. The highest BCUT2D eigenvalue weighted by Gasteiger charge is 2.62. The number of fused-ring (bicyclic) bond motifs is 1. The van der Waals surface area contributed by atoms with Crippen molar-refractivity contribution in [1.29, 1.82) is 0 Å². The van der Waals surface area contributed by atoms with Crippen LogP contribution in [0.3, 0.4) is 0 Å². The number of nitrogens with one attached hydrogen (secondary N) is 1. The minimum absolute atomic E-state index is 0.254. The maximum absolute atomic E-state index is 13.3. The summed E-state index contributed by atoms with van der Waals surface area (Å²) in [4.78, 5) is 15.3. The number of carboxylic acid groups (broad SMARTS) is 1. The third kappa shape index (κ3) is 2.17. The van der Waals surface area contributed by atoms with Crippen LogP contribution in [-0.4, -0.2) is 47.0 Å². The number of hydrogen-bond donors (Lipinski definition) is 2. The largest absolute Gasteiger partial charge is 0.465 e. The van der Waals surface area contributed by atoms with Crippen LogP contribution in [-0.2, 0) is 10.0 Å². The van der Waals surface area contributed by atoms with Crippen LogP contribution in [0.1, 0.15) is 19.3 Å². The summed E-state index contributed by atoms with van der Waals surface area (Å²) in [6, 6.07) is 6.49. The summed E-state index contributed by atoms with van der Waals surface area (Å²) in [5.74, 6) is 0. The monoisotopic (exact) mass is 347 g/mol. The fourth-order valence-electron chi connectivity index (χ4n) is 3.79. The Morgan fingerprint density at radius 3 is 2.83 bits per heavy atom. The van der Waals surface area contributed by atoms with E-state index in [4.69, 9.17) is 5.11 Å². The summed E-state index contributed by atoms with van der Waals surface area (Å²) in [5, 5.41) is 12.9. The summed E-state index contributed by atoms with van der Waals surface area (Å²) in [6.45, 7) is 0.328. The molecule has 0 bridgehead atoms. The SMILES string of the molecule is O=C(O)NC1CCN(S(=O)(=O)c2cccc3cnccc23)C12CC2.